The van der Waals surface area contributed by atoms with Gasteiger partial charge in [-0.1, -0.05) is 62.0 Å². The molecule has 0 aliphatic heterocycles. The summed E-state index contributed by atoms with van der Waals surface area (Å²) in [6.07, 6.45) is 0.0999. The number of nitrogens with zero attached hydrogens (tertiary/aromatic N) is 1. The number of nitrogens with one attached hydrogen (secondary N) is 1. The maximum atomic E-state index is 13.2. The van der Waals surface area contributed by atoms with E-state index in [2.05, 4.69) is 17.1 Å². The third kappa shape index (κ3) is 8.44. The molecule has 2 aromatic rings. The van der Waals surface area contributed by atoms with E-state index in [-0.39, 0.29) is 17.4 Å². The molecule has 0 heterocycles. The number of benzene rings is 2. The second-order valence-corrected chi connectivity index (χ2v) is 10.4. The molecule has 0 bridgehead atoms. The SMILES string of the molecule is CCN(C)c1ccc(CSCCC(=O)O)c(NC(=O)C(C)(C)CSC(=O)c2ccccc2)c1. The van der Waals surface area contributed by atoms with Gasteiger partial charge in [-0.2, -0.15) is 11.8 Å². The summed E-state index contributed by atoms with van der Waals surface area (Å²) in [5, 5.41) is 11.9. The van der Waals surface area contributed by atoms with Gasteiger partial charge in [-0.25, -0.2) is 0 Å². The van der Waals surface area contributed by atoms with E-state index in [1.54, 1.807) is 12.1 Å². The van der Waals surface area contributed by atoms with Crippen molar-refractivity contribution in [2.75, 3.05) is 35.3 Å². The summed E-state index contributed by atoms with van der Waals surface area (Å²) in [7, 11) is 1.98. The van der Waals surface area contributed by atoms with E-state index < -0.39 is 11.4 Å². The lowest BCUT2D eigenvalue weighted by molar-refractivity contribution is -0.136. The van der Waals surface area contributed by atoms with Crippen LogP contribution in [0.3, 0.4) is 0 Å². The molecule has 33 heavy (non-hydrogen) atoms. The minimum absolute atomic E-state index is 0.0569. The van der Waals surface area contributed by atoms with Crippen LogP contribution < -0.4 is 10.2 Å². The Hall–Kier alpha value is -2.45. The van der Waals surface area contributed by atoms with Crippen molar-refractivity contribution in [1.82, 2.24) is 0 Å². The highest BCUT2D eigenvalue weighted by Gasteiger charge is 2.29. The maximum Gasteiger partial charge on any atom is 0.304 e. The molecule has 2 N–H and O–H groups in total. The number of carboxylic acid groups (broad SMARTS) is 1. The summed E-state index contributed by atoms with van der Waals surface area (Å²) in [5.74, 6) is 0.470. The molecular weight excluding hydrogens is 456 g/mol. The lowest BCUT2D eigenvalue weighted by Gasteiger charge is -2.25. The molecule has 0 radical (unpaired) electrons. The first kappa shape index (κ1) is 26.8. The molecule has 0 saturated heterocycles. The van der Waals surface area contributed by atoms with Crippen LogP contribution in [-0.2, 0) is 15.3 Å². The van der Waals surface area contributed by atoms with Crippen LogP contribution in [0.1, 0.15) is 43.1 Å². The molecule has 0 atom stereocenters. The van der Waals surface area contributed by atoms with E-state index in [0.29, 0.717) is 28.5 Å². The minimum Gasteiger partial charge on any atom is -0.481 e. The molecular formula is C25H32N2O4S2. The number of aliphatic carboxylic acids is 1. The number of thioether (sulfide) groups is 2. The first-order valence-electron chi connectivity index (χ1n) is 10.8. The van der Waals surface area contributed by atoms with Gasteiger partial charge in [0.2, 0.25) is 11.0 Å². The molecule has 6 nitrogen and oxygen atoms in total. The Morgan fingerprint density at radius 3 is 2.42 bits per heavy atom. The minimum atomic E-state index is -0.819. The Morgan fingerprint density at radius 2 is 1.79 bits per heavy atom. The molecule has 0 aliphatic carbocycles. The average molecular weight is 489 g/mol. The van der Waals surface area contributed by atoms with Crippen LogP contribution in [-0.4, -0.2) is 47.2 Å². The van der Waals surface area contributed by atoms with E-state index >= 15 is 0 Å². The van der Waals surface area contributed by atoms with Gasteiger partial charge in [0.25, 0.3) is 0 Å². The van der Waals surface area contributed by atoms with Crippen LogP contribution in [0.5, 0.6) is 0 Å². The van der Waals surface area contributed by atoms with Crippen LogP contribution in [0.15, 0.2) is 48.5 Å². The highest BCUT2D eigenvalue weighted by atomic mass is 32.2. The van der Waals surface area contributed by atoms with Gasteiger partial charge in [0.1, 0.15) is 0 Å². The molecule has 2 aromatic carbocycles. The van der Waals surface area contributed by atoms with Crippen LogP contribution in [0.2, 0.25) is 0 Å². The molecule has 0 spiro atoms. The van der Waals surface area contributed by atoms with Crippen molar-refractivity contribution in [3.8, 4) is 0 Å². The number of rotatable bonds is 12. The molecule has 178 valence electrons. The number of anilines is 2. The molecule has 0 fully saturated rings. The lowest BCUT2D eigenvalue weighted by Crippen LogP contribution is -2.33. The van der Waals surface area contributed by atoms with Crippen LogP contribution >= 0.6 is 23.5 Å². The van der Waals surface area contributed by atoms with E-state index in [1.165, 1.54) is 11.8 Å². The highest BCUT2D eigenvalue weighted by molar-refractivity contribution is 8.14. The van der Waals surface area contributed by atoms with Gasteiger partial charge < -0.3 is 15.3 Å². The van der Waals surface area contributed by atoms with Gasteiger partial charge in [-0.3, -0.25) is 14.4 Å². The first-order chi connectivity index (χ1) is 15.6. The van der Waals surface area contributed by atoms with Crippen molar-refractivity contribution in [2.45, 2.75) is 32.9 Å². The van der Waals surface area contributed by atoms with Crippen molar-refractivity contribution in [2.24, 2.45) is 5.41 Å². The smallest absolute Gasteiger partial charge is 0.304 e. The molecule has 2 rings (SSSR count). The Balaban J connectivity index is 2.11. The lowest BCUT2D eigenvalue weighted by atomic mass is 9.95. The van der Waals surface area contributed by atoms with Crippen LogP contribution in [0.25, 0.3) is 0 Å². The van der Waals surface area contributed by atoms with E-state index in [1.807, 2.05) is 57.3 Å². The average Bonchev–Trinajstić information content (AvgIpc) is 2.80. The zero-order valence-electron chi connectivity index (χ0n) is 19.6. The fourth-order valence-electron chi connectivity index (χ4n) is 2.83. The standard InChI is InChI=1S/C25H32N2O4S2/c1-5-27(4)20-12-11-19(16-32-14-13-22(28)29)21(15-20)26-24(31)25(2,3)17-33-23(30)18-9-7-6-8-10-18/h6-12,15H,5,13-14,16-17H2,1-4H3,(H,26,31)(H,28,29). The van der Waals surface area contributed by atoms with E-state index in [0.717, 1.165) is 29.6 Å². The highest BCUT2D eigenvalue weighted by Crippen LogP contribution is 2.30. The van der Waals surface area contributed by atoms with Crippen molar-refractivity contribution in [3.05, 3.63) is 59.7 Å². The van der Waals surface area contributed by atoms with Crippen molar-refractivity contribution < 1.29 is 19.5 Å². The third-order valence-electron chi connectivity index (χ3n) is 5.16. The monoisotopic (exact) mass is 488 g/mol. The normalized spacial score (nSPS) is 11.2. The summed E-state index contributed by atoms with van der Waals surface area (Å²) < 4.78 is 0. The summed E-state index contributed by atoms with van der Waals surface area (Å²) in [4.78, 5) is 38.5. The fourth-order valence-corrected chi connectivity index (χ4v) is 4.69. The third-order valence-corrected chi connectivity index (χ3v) is 7.53. The number of hydrogen-bond donors (Lipinski definition) is 2. The molecule has 0 aromatic heterocycles. The van der Waals surface area contributed by atoms with Crippen molar-refractivity contribution in [3.63, 3.8) is 0 Å². The van der Waals surface area contributed by atoms with Crippen molar-refractivity contribution in [1.29, 1.82) is 0 Å². The Bertz CT molecular complexity index is 964. The topological polar surface area (TPSA) is 86.7 Å². The first-order valence-corrected chi connectivity index (χ1v) is 12.9. The van der Waals surface area contributed by atoms with Crippen molar-refractivity contribution >= 4 is 51.9 Å². The number of carboxylic acids is 1. The summed E-state index contributed by atoms with van der Waals surface area (Å²) in [6.45, 7) is 6.54. The Labute approximate surface area is 204 Å². The number of carbonyl (C=O) groups is 3. The summed E-state index contributed by atoms with van der Waals surface area (Å²) in [5.41, 5.74) is 2.49. The van der Waals surface area contributed by atoms with Crippen LogP contribution in [0, 0.1) is 5.41 Å². The van der Waals surface area contributed by atoms with Gasteiger partial charge in [0.05, 0.1) is 11.8 Å². The molecule has 1 amide bonds. The predicted molar refractivity (Wildman–Crippen MR) is 139 cm³/mol. The maximum absolute atomic E-state index is 13.2. The molecule has 0 saturated carbocycles. The van der Waals surface area contributed by atoms with Gasteiger partial charge >= 0.3 is 5.97 Å². The van der Waals surface area contributed by atoms with Gasteiger partial charge in [-0.05, 0) is 24.6 Å². The quantitative estimate of drug-likeness (QED) is 0.387. The number of amides is 1. The molecule has 0 aliphatic rings. The second-order valence-electron chi connectivity index (χ2n) is 8.33. The number of carbonyl (C=O) groups excluding carboxylic acids is 2. The Morgan fingerprint density at radius 1 is 1.09 bits per heavy atom. The fraction of sp³-hybridized carbons (Fsp3) is 0.400. The summed E-state index contributed by atoms with van der Waals surface area (Å²) in [6, 6.07) is 15.0. The van der Waals surface area contributed by atoms with Gasteiger partial charge in [0, 0.05) is 47.8 Å². The summed E-state index contributed by atoms with van der Waals surface area (Å²) >= 11 is 2.66. The van der Waals surface area contributed by atoms with Gasteiger partial charge in [-0.15, -0.1) is 0 Å². The van der Waals surface area contributed by atoms with E-state index in [9.17, 15) is 14.4 Å². The molecule has 8 heteroatoms. The second kappa shape index (κ2) is 12.7. The molecule has 0 unspecified atom stereocenters. The van der Waals surface area contributed by atoms with Crippen LogP contribution in [0.4, 0.5) is 11.4 Å². The van der Waals surface area contributed by atoms with E-state index in [4.69, 9.17) is 5.11 Å². The largest absolute Gasteiger partial charge is 0.481 e. The van der Waals surface area contributed by atoms with Gasteiger partial charge in [0.15, 0.2) is 0 Å². The zero-order valence-corrected chi connectivity index (χ0v) is 21.2. The predicted octanol–water partition coefficient (Wildman–Crippen LogP) is 5.39. The number of hydrogen-bond acceptors (Lipinski definition) is 6. The zero-order chi connectivity index (χ0) is 24.4. The Kier molecular flexibility index (Phi) is 10.3.